The number of rotatable bonds is 4. The summed E-state index contributed by atoms with van der Waals surface area (Å²) in [7, 11) is 0. The van der Waals surface area contributed by atoms with Gasteiger partial charge in [0.15, 0.2) is 0 Å². The molecule has 2 rings (SSSR count). The molecule has 20 heavy (non-hydrogen) atoms. The van der Waals surface area contributed by atoms with Crippen LogP contribution in [0.15, 0.2) is 42.5 Å². The van der Waals surface area contributed by atoms with Crippen LogP contribution in [0.3, 0.4) is 0 Å². The average Bonchev–Trinajstić information content (AvgIpc) is 2.44. The van der Waals surface area contributed by atoms with Gasteiger partial charge in [-0.05, 0) is 43.2 Å². The first-order valence-electron chi connectivity index (χ1n) is 6.58. The molecule has 0 heterocycles. The van der Waals surface area contributed by atoms with Crippen LogP contribution >= 0.6 is 0 Å². The fourth-order valence-electron chi connectivity index (χ4n) is 2.15. The number of benzene rings is 2. The first kappa shape index (κ1) is 14.2. The smallest absolute Gasteiger partial charge is 0.124 e. The lowest BCUT2D eigenvalue weighted by atomic mass is 10.1. The van der Waals surface area contributed by atoms with Gasteiger partial charge in [0, 0.05) is 12.6 Å². The summed E-state index contributed by atoms with van der Waals surface area (Å²) in [6.07, 6.45) is 0. The van der Waals surface area contributed by atoms with Crippen molar-refractivity contribution in [2.45, 2.75) is 26.4 Å². The monoisotopic (exact) mass is 268 g/mol. The van der Waals surface area contributed by atoms with Crippen molar-refractivity contribution in [2.75, 3.05) is 0 Å². The highest BCUT2D eigenvalue weighted by Gasteiger charge is 2.06. The van der Waals surface area contributed by atoms with Gasteiger partial charge in [0.25, 0.3) is 0 Å². The summed E-state index contributed by atoms with van der Waals surface area (Å²) < 4.78 is 13.3. The Morgan fingerprint density at radius 2 is 2.05 bits per heavy atom. The molecule has 0 saturated carbocycles. The minimum atomic E-state index is -0.371. The topological polar surface area (TPSA) is 35.8 Å². The van der Waals surface area contributed by atoms with Crippen LogP contribution in [0, 0.1) is 24.1 Å². The van der Waals surface area contributed by atoms with Gasteiger partial charge in [0.1, 0.15) is 5.82 Å². The van der Waals surface area contributed by atoms with E-state index in [0.29, 0.717) is 12.1 Å². The number of halogens is 1. The van der Waals surface area contributed by atoms with E-state index in [0.717, 1.165) is 5.56 Å². The molecule has 102 valence electrons. The summed E-state index contributed by atoms with van der Waals surface area (Å²) in [4.78, 5) is 0. The third-order valence-electron chi connectivity index (χ3n) is 3.24. The number of hydrogen-bond donors (Lipinski definition) is 1. The van der Waals surface area contributed by atoms with Crippen molar-refractivity contribution in [1.29, 1.82) is 5.26 Å². The van der Waals surface area contributed by atoms with Gasteiger partial charge in [-0.1, -0.05) is 29.8 Å². The summed E-state index contributed by atoms with van der Waals surface area (Å²) in [6.45, 7) is 4.66. The Morgan fingerprint density at radius 1 is 1.25 bits per heavy atom. The number of aryl methyl sites for hydroxylation is 1. The molecular weight excluding hydrogens is 251 g/mol. The number of hydrogen-bond acceptors (Lipinski definition) is 2. The molecule has 0 aliphatic heterocycles. The zero-order valence-corrected chi connectivity index (χ0v) is 11.7. The van der Waals surface area contributed by atoms with Crippen molar-refractivity contribution in [1.82, 2.24) is 5.32 Å². The first-order chi connectivity index (χ1) is 9.58. The largest absolute Gasteiger partial charge is 0.306 e. The van der Waals surface area contributed by atoms with E-state index >= 15 is 0 Å². The van der Waals surface area contributed by atoms with Crippen LogP contribution in [0.2, 0.25) is 0 Å². The molecule has 0 aliphatic rings. The fraction of sp³-hybridized carbons (Fsp3) is 0.235. The van der Waals surface area contributed by atoms with Gasteiger partial charge in [0.05, 0.1) is 11.6 Å². The van der Waals surface area contributed by atoms with Gasteiger partial charge in [-0.3, -0.25) is 0 Å². The number of nitrogens with zero attached hydrogens (tertiary/aromatic N) is 1. The molecule has 0 unspecified atom stereocenters. The van der Waals surface area contributed by atoms with Crippen molar-refractivity contribution >= 4 is 0 Å². The summed E-state index contributed by atoms with van der Waals surface area (Å²) in [5, 5.41) is 12.2. The first-order valence-corrected chi connectivity index (χ1v) is 6.58. The lowest BCUT2D eigenvalue weighted by Crippen LogP contribution is -2.18. The SMILES string of the molecule is Cc1cccc([C@H](C)NCc2cc(F)cc(C#N)c2)c1. The summed E-state index contributed by atoms with van der Waals surface area (Å²) in [6, 6.07) is 14.8. The maximum atomic E-state index is 13.3. The van der Waals surface area contributed by atoms with Gasteiger partial charge in [-0.15, -0.1) is 0 Å². The van der Waals surface area contributed by atoms with Crippen LogP contribution in [0.4, 0.5) is 4.39 Å². The molecule has 2 aromatic rings. The van der Waals surface area contributed by atoms with Gasteiger partial charge in [0.2, 0.25) is 0 Å². The summed E-state index contributed by atoms with van der Waals surface area (Å²) in [5.74, 6) is -0.371. The van der Waals surface area contributed by atoms with E-state index in [9.17, 15) is 4.39 Å². The van der Waals surface area contributed by atoms with E-state index in [2.05, 4.69) is 37.4 Å². The van der Waals surface area contributed by atoms with Crippen LogP contribution in [0.1, 0.15) is 35.2 Å². The number of nitriles is 1. The lowest BCUT2D eigenvalue weighted by Gasteiger charge is -2.15. The minimum absolute atomic E-state index is 0.170. The van der Waals surface area contributed by atoms with Crippen LogP contribution in [-0.2, 0) is 6.54 Å². The van der Waals surface area contributed by atoms with E-state index in [1.165, 1.54) is 23.3 Å². The van der Waals surface area contributed by atoms with Gasteiger partial charge >= 0.3 is 0 Å². The predicted molar refractivity (Wildman–Crippen MR) is 77.5 cm³/mol. The zero-order valence-electron chi connectivity index (χ0n) is 11.7. The molecular formula is C17H17FN2. The standard InChI is InChI=1S/C17H17FN2/c1-12-4-3-5-16(6-12)13(2)20-11-15-7-14(10-19)8-17(18)9-15/h3-9,13,20H,11H2,1-2H3/t13-/m0/s1. The molecule has 0 aliphatic carbocycles. The third-order valence-corrected chi connectivity index (χ3v) is 3.24. The quantitative estimate of drug-likeness (QED) is 0.914. The molecule has 0 bridgehead atoms. The molecule has 3 heteroatoms. The zero-order chi connectivity index (χ0) is 14.5. The second kappa shape index (κ2) is 6.31. The predicted octanol–water partition coefficient (Wildman–Crippen LogP) is 3.86. The molecule has 0 aromatic heterocycles. The summed E-state index contributed by atoms with van der Waals surface area (Å²) >= 11 is 0. The Hall–Kier alpha value is -2.18. The molecule has 1 N–H and O–H groups in total. The Kier molecular flexibility index (Phi) is 4.49. The Bertz CT molecular complexity index is 644. The normalized spacial score (nSPS) is 11.9. The van der Waals surface area contributed by atoms with E-state index in [1.807, 2.05) is 12.1 Å². The fourth-order valence-corrected chi connectivity index (χ4v) is 2.15. The second-order valence-corrected chi connectivity index (χ2v) is 4.98. The highest BCUT2D eigenvalue weighted by atomic mass is 19.1. The molecule has 2 aromatic carbocycles. The van der Waals surface area contributed by atoms with Crippen LogP contribution < -0.4 is 5.32 Å². The van der Waals surface area contributed by atoms with E-state index in [4.69, 9.17) is 5.26 Å². The summed E-state index contributed by atoms with van der Waals surface area (Å²) in [5.41, 5.74) is 3.54. The van der Waals surface area contributed by atoms with E-state index in [1.54, 1.807) is 6.07 Å². The molecule has 0 radical (unpaired) electrons. The molecule has 0 fully saturated rings. The second-order valence-electron chi connectivity index (χ2n) is 4.98. The Balaban J connectivity index is 2.05. The van der Waals surface area contributed by atoms with E-state index < -0.39 is 0 Å². The molecule has 0 saturated heterocycles. The lowest BCUT2D eigenvalue weighted by molar-refractivity contribution is 0.569. The van der Waals surface area contributed by atoms with Crippen LogP contribution in [0.5, 0.6) is 0 Å². The van der Waals surface area contributed by atoms with Crippen LogP contribution in [0.25, 0.3) is 0 Å². The molecule has 1 atom stereocenters. The third kappa shape index (κ3) is 3.66. The van der Waals surface area contributed by atoms with Crippen molar-refractivity contribution in [3.8, 4) is 6.07 Å². The molecule has 2 nitrogen and oxygen atoms in total. The highest BCUT2D eigenvalue weighted by Crippen LogP contribution is 2.15. The van der Waals surface area contributed by atoms with Crippen molar-refractivity contribution in [3.63, 3.8) is 0 Å². The molecule has 0 spiro atoms. The van der Waals surface area contributed by atoms with Crippen LogP contribution in [-0.4, -0.2) is 0 Å². The number of nitrogens with one attached hydrogen (secondary N) is 1. The Morgan fingerprint density at radius 3 is 2.75 bits per heavy atom. The Labute approximate surface area is 118 Å². The van der Waals surface area contributed by atoms with Crippen molar-refractivity contribution in [2.24, 2.45) is 0 Å². The van der Waals surface area contributed by atoms with E-state index in [-0.39, 0.29) is 11.9 Å². The van der Waals surface area contributed by atoms with Crippen molar-refractivity contribution in [3.05, 3.63) is 70.5 Å². The highest BCUT2D eigenvalue weighted by molar-refractivity contribution is 5.33. The minimum Gasteiger partial charge on any atom is -0.306 e. The van der Waals surface area contributed by atoms with Gasteiger partial charge in [-0.2, -0.15) is 5.26 Å². The van der Waals surface area contributed by atoms with Gasteiger partial charge < -0.3 is 5.32 Å². The maximum absolute atomic E-state index is 13.3. The van der Waals surface area contributed by atoms with Crippen molar-refractivity contribution < 1.29 is 4.39 Å². The average molecular weight is 268 g/mol. The molecule has 0 amide bonds. The van der Waals surface area contributed by atoms with Gasteiger partial charge in [-0.25, -0.2) is 4.39 Å². The maximum Gasteiger partial charge on any atom is 0.124 e.